The van der Waals surface area contributed by atoms with Gasteiger partial charge in [-0.2, -0.15) is 0 Å². The molecule has 1 aliphatic rings. The van der Waals surface area contributed by atoms with E-state index in [2.05, 4.69) is 21.1 Å². The van der Waals surface area contributed by atoms with Crippen molar-refractivity contribution in [3.63, 3.8) is 0 Å². The van der Waals surface area contributed by atoms with Crippen LogP contribution in [0.2, 0.25) is 0 Å². The first-order valence-corrected chi connectivity index (χ1v) is 4.50. The molecule has 0 saturated carbocycles. The fraction of sp³-hybridized carbons (Fsp3) is 0.571. The first-order valence-electron chi connectivity index (χ1n) is 3.25. The van der Waals surface area contributed by atoms with E-state index in [0.717, 1.165) is 6.61 Å². The van der Waals surface area contributed by atoms with Crippen LogP contribution in [0.25, 0.3) is 0 Å². The molecule has 1 rings (SSSR count). The number of hydrogen-bond donors (Lipinski definition) is 0. The summed E-state index contributed by atoms with van der Waals surface area (Å²) in [6.45, 7) is 2.83. The molecular weight excluding hydrogens is 329 g/mol. The molecule has 0 spiro atoms. The molecule has 0 N–H and O–H groups in total. The monoisotopic (exact) mass is 338 g/mol. The third-order valence-corrected chi connectivity index (χ3v) is 2.19. The number of epoxide rings is 1. The standard InChI is InChI=1S/C7H9O3.Au/c1-5(2)7(8)10-4-6-3-9-6;/h1,6H,3-4H2,2H3;. The zero-order chi connectivity index (χ0) is 8.27. The molecule has 3 nitrogen and oxygen atoms in total. The van der Waals surface area contributed by atoms with E-state index in [0.29, 0.717) is 12.2 Å². The van der Waals surface area contributed by atoms with Crippen LogP contribution in [0.1, 0.15) is 6.92 Å². The summed E-state index contributed by atoms with van der Waals surface area (Å²) >= 11 is 2.18. The van der Waals surface area contributed by atoms with Crippen LogP contribution in [-0.4, -0.2) is 25.3 Å². The molecule has 66 valence electrons. The molecule has 0 radical (unpaired) electrons. The van der Waals surface area contributed by atoms with Gasteiger partial charge in [0.05, 0.1) is 0 Å². The summed E-state index contributed by atoms with van der Waals surface area (Å²) in [7, 11) is 0. The predicted octanol–water partition coefficient (Wildman–Crippen LogP) is 0.379. The van der Waals surface area contributed by atoms with Crippen LogP contribution in [0.15, 0.2) is 9.87 Å². The van der Waals surface area contributed by atoms with Gasteiger partial charge in [0, 0.05) is 0 Å². The van der Waals surface area contributed by atoms with Gasteiger partial charge in [-0.05, 0) is 0 Å². The maximum absolute atomic E-state index is 11.0. The van der Waals surface area contributed by atoms with Crippen molar-refractivity contribution in [2.24, 2.45) is 0 Å². The molecule has 0 aliphatic carbocycles. The van der Waals surface area contributed by atoms with Crippen LogP contribution >= 0.6 is 0 Å². The van der Waals surface area contributed by atoms with E-state index < -0.39 is 0 Å². The Bertz CT molecular complexity index is 184. The molecule has 0 aromatic heterocycles. The minimum atomic E-state index is -0.261. The van der Waals surface area contributed by atoms with Gasteiger partial charge in [-0.25, -0.2) is 0 Å². The maximum atomic E-state index is 11.0. The van der Waals surface area contributed by atoms with Gasteiger partial charge in [-0.1, -0.05) is 0 Å². The Kier molecular flexibility index (Phi) is 3.33. The van der Waals surface area contributed by atoms with Gasteiger partial charge in [-0.3, -0.25) is 0 Å². The SMILES string of the molecule is CC(=[CH][Au])C(=O)OCC1CO1. The molecule has 1 atom stereocenters. The Morgan fingerprint density at radius 1 is 1.91 bits per heavy atom. The van der Waals surface area contributed by atoms with Crippen LogP contribution in [0.4, 0.5) is 0 Å². The zero-order valence-corrected chi connectivity index (χ0v) is 8.26. The normalized spacial score (nSPS) is 23.2. The number of esters is 1. The summed E-state index contributed by atoms with van der Waals surface area (Å²) in [4.78, 5) is 11.0. The van der Waals surface area contributed by atoms with Gasteiger partial charge >= 0.3 is 77.4 Å². The molecule has 1 fully saturated rings. The first kappa shape index (κ1) is 9.00. The van der Waals surface area contributed by atoms with Crippen molar-refractivity contribution in [3.05, 3.63) is 9.87 Å². The van der Waals surface area contributed by atoms with E-state index in [1.165, 1.54) is 0 Å². The van der Waals surface area contributed by atoms with Crippen LogP contribution in [0.5, 0.6) is 0 Å². The van der Waals surface area contributed by atoms with Gasteiger partial charge in [0.15, 0.2) is 0 Å². The second-order valence-corrected chi connectivity index (χ2v) is 2.95. The van der Waals surface area contributed by atoms with Crippen LogP contribution in [0.3, 0.4) is 0 Å². The molecule has 1 unspecified atom stereocenters. The average molecular weight is 338 g/mol. The summed E-state index contributed by atoms with van der Waals surface area (Å²) in [5.41, 5.74) is 0.619. The summed E-state index contributed by atoms with van der Waals surface area (Å²) in [5, 5.41) is 0. The summed E-state index contributed by atoms with van der Waals surface area (Å²) in [6.07, 6.45) is 0.152. The molecule has 0 aromatic rings. The van der Waals surface area contributed by atoms with E-state index in [1.54, 1.807) is 11.2 Å². The van der Waals surface area contributed by atoms with Gasteiger partial charge in [0.2, 0.25) is 0 Å². The van der Waals surface area contributed by atoms with Crippen molar-refractivity contribution in [1.29, 1.82) is 0 Å². The summed E-state index contributed by atoms with van der Waals surface area (Å²) in [6, 6.07) is 0. The molecular formula is C7H9AuO3. The summed E-state index contributed by atoms with van der Waals surface area (Å²) in [5.74, 6) is -0.261. The third kappa shape index (κ3) is 3.20. The van der Waals surface area contributed by atoms with Gasteiger partial charge < -0.3 is 0 Å². The quantitative estimate of drug-likeness (QED) is 0.323. The van der Waals surface area contributed by atoms with E-state index in [4.69, 9.17) is 9.47 Å². The first-order chi connectivity index (χ1) is 5.24. The molecule has 0 amide bonds. The average Bonchev–Trinajstić information content (AvgIpc) is 2.81. The molecule has 0 bridgehead atoms. The third-order valence-electron chi connectivity index (χ3n) is 1.26. The van der Waals surface area contributed by atoms with Crippen molar-refractivity contribution in [2.45, 2.75) is 13.0 Å². The Balaban J connectivity index is 2.19. The van der Waals surface area contributed by atoms with Crippen molar-refractivity contribution in [1.82, 2.24) is 0 Å². The topological polar surface area (TPSA) is 38.8 Å². The molecule has 11 heavy (non-hydrogen) atoms. The molecule has 1 heterocycles. The number of carbonyl (C=O) groups excluding carboxylic acids is 1. The Morgan fingerprint density at radius 3 is 3.00 bits per heavy atom. The van der Waals surface area contributed by atoms with Gasteiger partial charge in [0.25, 0.3) is 0 Å². The van der Waals surface area contributed by atoms with E-state index in [9.17, 15) is 4.79 Å². The molecule has 0 aromatic carbocycles. The molecule has 1 aliphatic heterocycles. The Morgan fingerprint density at radius 2 is 2.55 bits per heavy atom. The van der Waals surface area contributed by atoms with Crippen LogP contribution in [0, 0.1) is 0 Å². The number of rotatable bonds is 3. The zero-order valence-electron chi connectivity index (χ0n) is 6.10. The van der Waals surface area contributed by atoms with Crippen LogP contribution < -0.4 is 0 Å². The van der Waals surface area contributed by atoms with Crippen LogP contribution in [-0.2, 0) is 35.3 Å². The second-order valence-electron chi connectivity index (χ2n) is 2.32. The van der Waals surface area contributed by atoms with Crippen molar-refractivity contribution in [2.75, 3.05) is 13.2 Å². The molecule has 4 heteroatoms. The minimum absolute atomic E-state index is 0.152. The van der Waals surface area contributed by atoms with E-state index in [-0.39, 0.29) is 12.1 Å². The predicted molar refractivity (Wildman–Crippen MR) is 34.5 cm³/mol. The van der Waals surface area contributed by atoms with Crippen molar-refractivity contribution >= 4 is 5.97 Å². The number of hydrogen-bond acceptors (Lipinski definition) is 3. The number of carbonyl (C=O) groups is 1. The fourth-order valence-corrected chi connectivity index (χ4v) is 0.738. The Hall–Kier alpha value is -0.0897. The second kappa shape index (κ2) is 4.07. The van der Waals surface area contributed by atoms with E-state index in [1.807, 2.05) is 0 Å². The van der Waals surface area contributed by atoms with Crippen molar-refractivity contribution in [3.8, 4) is 0 Å². The molecule has 1 saturated heterocycles. The Labute approximate surface area is 77.7 Å². The van der Waals surface area contributed by atoms with Gasteiger partial charge in [0.1, 0.15) is 0 Å². The number of ether oxygens (including phenoxy) is 2. The van der Waals surface area contributed by atoms with Crippen molar-refractivity contribution < 1.29 is 35.3 Å². The fourth-order valence-electron chi connectivity index (χ4n) is 0.482. The van der Waals surface area contributed by atoms with Gasteiger partial charge in [-0.15, -0.1) is 0 Å². The summed E-state index contributed by atoms with van der Waals surface area (Å²) < 4.78 is 11.4. The van der Waals surface area contributed by atoms with E-state index >= 15 is 0 Å².